The van der Waals surface area contributed by atoms with Crippen LogP contribution in [0, 0.1) is 0 Å². The fourth-order valence-electron chi connectivity index (χ4n) is 3.72. The van der Waals surface area contributed by atoms with Crippen molar-refractivity contribution in [2.45, 2.75) is 12.6 Å². The molecular formula is C22H22N2O3. The van der Waals surface area contributed by atoms with E-state index in [1.165, 1.54) is 0 Å². The highest BCUT2D eigenvalue weighted by Crippen LogP contribution is 2.35. The number of carbonyl (C=O) groups excluding carboxylic acids is 1. The molecule has 1 unspecified atom stereocenters. The number of aromatic nitrogens is 1. The molecule has 0 saturated carbocycles. The lowest BCUT2D eigenvalue weighted by atomic mass is 9.98. The van der Waals surface area contributed by atoms with E-state index in [-0.39, 0.29) is 11.9 Å². The first kappa shape index (κ1) is 17.2. The number of hydrogen-bond donors (Lipinski definition) is 0. The number of hydrogen-bond acceptors (Lipinski definition) is 3. The Labute approximate surface area is 158 Å². The molecule has 0 saturated heterocycles. The zero-order valence-corrected chi connectivity index (χ0v) is 15.5. The summed E-state index contributed by atoms with van der Waals surface area (Å²) < 4.78 is 13.0. The summed E-state index contributed by atoms with van der Waals surface area (Å²) in [6.07, 6.45) is 2.07. The van der Waals surface area contributed by atoms with Crippen molar-refractivity contribution >= 4 is 5.91 Å². The second-order valence-corrected chi connectivity index (χ2v) is 6.50. The maximum Gasteiger partial charge on any atom is 0.258 e. The molecule has 0 N–H and O–H groups in total. The number of amides is 1. The highest BCUT2D eigenvalue weighted by Gasteiger charge is 2.33. The molecule has 2 aromatic carbocycles. The summed E-state index contributed by atoms with van der Waals surface area (Å²) in [4.78, 5) is 15.5. The maximum absolute atomic E-state index is 13.5. The standard InChI is InChI=1S/C22H22N2O3/c1-26-17-10-11-20(27-2)18(15-17)22(25)24-14-13-23-12-6-9-19(23)21(24)16-7-4-3-5-8-16/h3-12,15,21H,13-14H2,1-2H3. The first-order valence-electron chi connectivity index (χ1n) is 8.96. The van der Waals surface area contributed by atoms with E-state index in [0.29, 0.717) is 23.6 Å². The molecule has 5 nitrogen and oxygen atoms in total. The van der Waals surface area contributed by atoms with Gasteiger partial charge >= 0.3 is 0 Å². The molecule has 0 fully saturated rings. The van der Waals surface area contributed by atoms with Gasteiger partial charge in [-0.15, -0.1) is 0 Å². The Morgan fingerprint density at radius 1 is 0.963 bits per heavy atom. The topological polar surface area (TPSA) is 43.7 Å². The minimum Gasteiger partial charge on any atom is -0.497 e. The summed E-state index contributed by atoms with van der Waals surface area (Å²) >= 11 is 0. The number of nitrogens with zero attached hydrogens (tertiary/aromatic N) is 2. The van der Waals surface area contributed by atoms with Crippen LogP contribution in [0.3, 0.4) is 0 Å². The Bertz CT molecular complexity index is 949. The molecule has 2 heterocycles. The molecule has 1 amide bonds. The van der Waals surface area contributed by atoms with Crippen LogP contribution in [0.25, 0.3) is 0 Å². The molecule has 0 radical (unpaired) electrons. The fourth-order valence-corrected chi connectivity index (χ4v) is 3.72. The third kappa shape index (κ3) is 3.05. The molecule has 27 heavy (non-hydrogen) atoms. The van der Waals surface area contributed by atoms with Crippen LogP contribution in [0.1, 0.15) is 27.7 Å². The van der Waals surface area contributed by atoms with Gasteiger partial charge in [-0.25, -0.2) is 0 Å². The number of rotatable bonds is 4. The normalized spacial score (nSPS) is 15.9. The van der Waals surface area contributed by atoms with Gasteiger partial charge in [-0.1, -0.05) is 30.3 Å². The first-order valence-corrected chi connectivity index (χ1v) is 8.96. The van der Waals surface area contributed by atoms with E-state index in [2.05, 4.69) is 29.0 Å². The molecule has 0 spiro atoms. The Morgan fingerprint density at radius 3 is 2.52 bits per heavy atom. The monoisotopic (exact) mass is 362 g/mol. The predicted molar refractivity (Wildman–Crippen MR) is 103 cm³/mol. The van der Waals surface area contributed by atoms with Gasteiger partial charge in [0, 0.05) is 25.0 Å². The number of fused-ring (bicyclic) bond motifs is 1. The molecule has 138 valence electrons. The molecule has 5 heteroatoms. The van der Waals surface area contributed by atoms with Crippen molar-refractivity contribution in [3.8, 4) is 11.5 Å². The van der Waals surface area contributed by atoms with Crippen molar-refractivity contribution in [3.05, 3.63) is 83.7 Å². The number of carbonyl (C=O) groups is 1. The zero-order valence-electron chi connectivity index (χ0n) is 15.5. The minimum absolute atomic E-state index is 0.0629. The lowest BCUT2D eigenvalue weighted by Crippen LogP contribution is -2.42. The summed E-state index contributed by atoms with van der Waals surface area (Å²) in [5.74, 6) is 1.12. The van der Waals surface area contributed by atoms with Crippen molar-refractivity contribution in [3.63, 3.8) is 0 Å². The summed E-state index contributed by atoms with van der Waals surface area (Å²) in [5.41, 5.74) is 2.72. The van der Waals surface area contributed by atoms with Crippen LogP contribution in [-0.4, -0.2) is 36.1 Å². The van der Waals surface area contributed by atoms with E-state index in [1.54, 1.807) is 32.4 Å². The van der Waals surface area contributed by atoms with Crippen LogP contribution in [-0.2, 0) is 6.54 Å². The van der Waals surface area contributed by atoms with Crippen LogP contribution in [0.5, 0.6) is 11.5 Å². The fraction of sp³-hybridized carbons (Fsp3) is 0.227. The van der Waals surface area contributed by atoms with Gasteiger partial charge in [0.05, 0.1) is 25.8 Å². The van der Waals surface area contributed by atoms with Gasteiger partial charge in [-0.05, 0) is 35.9 Å². The Kier molecular flexibility index (Phi) is 4.59. The quantitative estimate of drug-likeness (QED) is 0.710. The third-order valence-electron chi connectivity index (χ3n) is 5.05. The van der Waals surface area contributed by atoms with Gasteiger partial charge in [0.1, 0.15) is 11.5 Å². The predicted octanol–water partition coefficient (Wildman–Crippen LogP) is 3.75. The first-order chi connectivity index (χ1) is 13.2. The second kappa shape index (κ2) is 7.19. The van der Waals surface area contributed by atoms with Crippen molar-refractivity contribution < 1.29 is 14.3 Å². The van der Waals surface area contributed by atoms with Crippen LogP contribution < -0.4 is 9.47 Å². The van der Waals surface area contributed by atoms with Crippen molar-refractivity contribution in [1.29, 1.82) is 0 Å². The lowest BCUT2D eigenvalue weighted by molar-refractivity contribution is 0.0660. The van der Waals surface area contributed by atoms with Gasteiger partial charge in [0.15, 0.2) is 0 Å². The number of ether oxygens (including phenoxy) is 2. The average molecular weight is 362 g/mol. The average Bonchev–Trinajstić information content (AvgIpc) is 3.21. The summed E-state index contributed by atoms with van der Waals surface area (Å²) in [6.45, 7) is 1.39. The molecule has 3 aromatic rings. The maximum atomic E-state index is 13.5. The summed E-state index contributed by atoms with van der Waals surface area (Å²) in [6, 6.07) is 19.4. The second-order valence-electron chi connectivity index (χ2n) is 6.50. The van der Waals surface area contributed by atoms with Crippen LogP contribution in [0.2, 0.25) is 0 Å². The largest absolute Gasteiger partial charge is 0.497 e. The van der Waals surface area contributed by atoms with E-state index >= 15 is 0 Å². The van der Waals surface area contributed by atoms with Gasteiger partial charge in [0.25, 0.3) is 5.91 Å². The molecule has 1 aliphatic rings. The molecule has 1 aromatic heterocycles. The number of benzene rings is 2. The SMILES string of the molecule is COc1ccc(OC)c(C(=O)N2CCn3cccc3C2c2ccccc2)c1. The van der Waals surface area contributed by atoms with Gasteiger partial charge < -0.3 is 18.9 Å². The van der Waals surface area contributed by atoms with E-state index in [4.69, 9.17) is 9.47 Å². The minimum atomic E-state index is -0.140. The van der Waals surface area contributed by atoms with Crippen molar-refractivity contribution in [1.82, 2.24) is 9.47 Å². The molecule has 4 rings (SSSR count). The molecule has 0 aliphatic carbocycles. The van der Waals surface area contributed by atoms with E-state index in [1.807, 2.05) is 29.2 Å². The summed E-state index contributed by atoms with van der Waals surface area (Å²) in [7, 11) is 3.17. The van der Waals surface area contributed by atoms with E-state index in [9.17, 15) is 4.79 Å². The Hall–Kier alpha value is -3.21. The highest BCUT2D eigenvalue weighted by atomic mass is 16.5. The molecular weight excluding hydrogens is 340 g/mol. The van der Waals surface area contributed by atoms with Crippen molar-refractivity contribution in [2.75, 3.05) is 20.8 Å². The van der Waals surface area contributed by atoms with Gasteiger partial charge in [-0.3, -0.25) is 4.79 Å². The molecule has 1 atom stereocenters. The van der Waals surface area contributed by atoms with E-state index in [0.717, 1.165) is 17.8 Å². The third-order valence-corrected chi connectivity index (χ3v) is 5.05. The Morgan fingerprint density at radius 2 is 1.78 bits per heavy atom. The van der Waals surface area contributed by atoms with Crippen LogP contribution >= 0.6 is 0 Å². The van der Waals surface area contributed by atoms with E-state index < -0.39 is 0 Å². The number of methoxy groups -OCH3 is 2. The van der Waals surface area contributed by atoms with Gasteiger partial charge in [-0.2, -0.15) is 0 Å². The lowest BCUT2D eigenvalue weighted by Gasteiger charge is -2.37. The van der Waals surface area contributed by atoms with Crippen LogP contribution in [0.15, 0.2) is 66.9 Å². The zero-order chi connectivity index (χ0) is 18.8. The smallest absolute Gasteiger partial charge is 0.258 e. The molecule has 0 bridgehead atoms. The molecule has 1 aliphatic heterocycles. The highest BCUT2D eigenvalue weighted by molar-refractivity contribution is 5.98. The van der Waals surface area contributed by atoms with Gasteiger partial charge in [0.2, 0.25) is 0 Å². The summed E-state index contributed by atoms with van der Waals surface area (Å²) in [5, 5.41) is 0. The van der Waals surface area contributed by atoms with Crippen LogP contribution in [0.4, 0.5) is 0 Å². The Balaban J connectivity index is 1.79. The van der Waals surface area contributed by atoms with Crippen molar-refractivity contribution in [2.24, 2.45) is 0 Å².